The first-order valence-electron chi connectivity index (χ1n) is 6.12. The zero-order valence-corrected chi connectivity index (χ0v) is 10.0. The van der Waals surface area contributed by atoms with Gasteiger partial charge in [-0.15, -0.1) is 0 Å². The van der Waals surface area contributed by atoms with E-state index in [1.165, 1.54) is 5.56 Å². The van der Waals surface area contributed by atoms with Gasteiger partial charge in [0, 0.05) is 12.1 Å². The van der Waals surface area contributed by atoms with Gasteiger partial charge in [-0.25, -0.2) is 0 Å². The van der Waals surface area contributed by atoms with Crippen molar-refractivity contribution in [3.63, 3.8) is 0 Å². The van der Waals surface area contributed by atoms with Gasteiger partial charge in [-0.3, -0.25) is 4.90 Å². The molecule has 2 heteroatoms. The topological polar surface area (TPSA) is 27.0 Å². The Morgan fingerprint density at radius 1 is 1.18 bits per heavy atom. The molecule has 3 atom stereocenters. The number of piperidine rings is 1. The Morgan fingerprint density at radius 2 is 1.76 bits per heavy atom. The maximum absolute atomic E-state index is 9.65. The average molecular weight is 224 g/mol. The van der Waals surface area contributed by atoms with Crippen LogP contribution >= 0.6 is 0 Å². The number of likely N-dealkylation sites (N-methyl/N-ethyl adjacent to an activating group) is 1. The Morgan fingerprint density at radius 3 is 2.29 bits per heavy atom. The number of hydrogen-bond acceptors (Lipinski definition) is 2. The second kappa shape index (κ2) is 3.72. The number of rotatable bonds is 1. The number of nitriles is 1. The number of fused-ring (bicyclic) bond motifs is 2. The number of benzene rings is 1. The molecule has 1 saturated heterocycles. The Kier molecular flexibility index (Phi) is 2.31. The number of nitrogens with zero attached hydrogens (tertiary/aromatic N) is 2. The molecule has 0 aromatic heterocycles. The summed E-state index contributed by atoms with van der Waals surface area (Å²) in [6.45, 7) is 0. The van der Waals surface area contributed by atoms with E-state index >= 15 is 0 Å². The summed E-state index contributed by atoms with van der Waals surface area (Å²) in [4.78, 5) is 2.37. The zero-order chi connectivity index (χ0) is 11.9. The molecule has 2 heterocycles. The van der Waals surface area contributed by atoms with Crippen LogP contribution in [0.15, 0.2) is 42.5 Å². The van der Waals surface area contributed by atoms with E-state index in [2.05, 4.69) is 42.3 Å². The molecule has 2 nitrogen and oxygen atoms in total. The monoisotopic (exact) mass is 224 g/mol. The van der Waals surface area contributed by atoms with Gasteiger partial charge in [-0.05, 0) is 25.5 Å². The highest BCUT2D eigenvalue weighted by atomic mass is 15.2. The van der Waals surface area contributed by atoms with Gasteiger partial charge < -0.3 is 0 Å². The Hall–Kier alpha value is -1.59. The smallest absolute Gasteiger partial charge is 0.0858 e. The van der Waals surface area contributed by atoms with E-state index in [4.69, 9.17) is 0 Å². The minimum atomic E-state index is -0.299. The van der Waals surface area contributed by atoms with Crippen LogP contribution in [0.3, 0.4) is 0 Å². The van der Waals surface area contributed by atoms with Crippen LogP contribution in [0, 0.1) is 11.3 Å². The van der Waals surface area contributed by atoms with Crippen LogP contribution in [-0.4, -0.2) is 24.0 Å². The maximum Gasteiger partial charge on any atom is 0.0858 e. The van der Waals surface area contributed by atoms with Gasteiger partial charge in [0.15, 0.2) is 0 Å². The van der Waals surface area contributed by atoms with Crippen molar-refractivity contribution >= 4 is 0 Å². The molecule has 2 aliphatic heterocycles. The fraction of sp³-hybridized carbons (Fsp3) is 0.400. The highest BCUT2D eigenvalue weighted by Gasteiger charge is 2.45. The summed E-state index contributed by atoms with van der Waals surface area (Å²) < 4.78 is 0. The summed E-state index contributed by atoms with van der Waals surface area (Å²) in [5, 5.41) is 9.65. The molecular weight excluding hydrogens is 208 g/mol. The van der Waals surface area contributed by atoms with Gasteiger partial charge in [0.1, 0.15) is 0 Å². The van der Waals surface area contributed by atoms with Gasteiger partial charge in [0.25, 0.3) is 0 Å². The van der Waals surface area contributed by atoms with Gasteiger partial charge in [-0.1, -0.05) is 42.5 Å². The molecule has 1 fully saturated rings. The molecule has 1 aromatic rings. The molecule has 17 heavy (non-hydrogen) atoms. The molecule has 1 aromatic carbocycles. The SMILES string of the molecule is CN1[C@@H]2C=C[C@H]1CC(C#N)(c1ccccc1)C2. The summed E-state index contributed by atoms with van der Waals surface area (Å²) in [6.07, 6.45) is 6.34. The van der Waals surface area contributed by atoms with Gasteiger partial charge in [-0.2, -0.15) is 5.26 Å². The van der Waals surface area contributed by atoms with E-state index in [-0.39, 0.29) is 5.41 Å². The van der Waals surface area contributed by atoms with E-state index in [0.29, 0.717) is 12.1 Å². The molecule has 0 amide bonds. The molecule has 2 aliphatic rings. The van der Waals surface area contributed by atoms with E-state index in [1.807, 2.05) is 18.2 Å². The van der Waals surface area contributed by atoms with Gasteiger partial charge in [0.05, 0.1) is 11.5 Å². The van der Waals surface area contributed by atoms with Crippen molar-refractivity contribution in [3.8, 4) is 6.07 Å². The van der Waals surface area contributed by atoms with Crippen LogP contribution in [0.2, 0.25) is 0 Å². The predicted molar refractivity (Wildman–Crippen MR) is 67.4 cm³/mol. The molecule has 0 spiro atoms. The molecule has 3 rings (SSSR count). The molecular formula is C15H16N2. The van der Waals surface area contributed by atoms with Gasteiger partial charge in [0.2, 0.25) is 0 Å². The molecule has 0 radical (unpaired) electrons. The normalized spacial score (nSPS) is 35.8. The lowest BCUT2D eigenvalue weighted by atomic mass is 9.71. The molecule has 0 aliphatic carbocycles. The highest BCUT2D eigenvalue weighted by Crippen LogP contribution is 2.43. The largest absolute Gasteiger partial charge is 0.293 e. The average Bonchev–Trinajstić information content (AvgIpc) is 2.63. The summed E-state index contributed by atoms with van der Waals surface area (Å²) in [7, 11) is 2.15. The minimum Gasteiger partial charge on any atom is -0.293 e. The Balaban J connectivity index is 2.00. The second-order valence-corrected chi connectivity index (χ2v) is 5.15. The molecule has 1 unspecified atom stereocenters. The van der Waals surface area contributed by atoms with E-state index in [0.717, 1.165) is 12.8 Å². The Labute approximate surface area is 102 Å². The quantitative estimate of drug-likeness (QED) is 0.685. The Bertz CT molecular complexity index is 467. The minimum absolute atomic E-state index is 0.299. The van der Waals surface area contributed by atoms with Crippen LogP contribution < -0.4 is 0 Å². The second-order valence-electron chi connectivity index (χ2n) is 5.15. The molecule has 0 saturated carbocycles. The van der Waals surface area contributed by atoms with Crippen LogP contribution in [0.25, 0.3) is 0 Å². The lowest BCUT2D eigenvalue weighted by Crippen LogP contribution is -2.47. The summed E-state index contributed by atoms with van der Waals surface area (Å²) in [5.41, 5.74) is 0.876. The first kappa shape index (κ1) is 10.6. The highest BCUT2D eigenvalue weighted by molar-refractivity contribution is 5.37. The third-order valence-corrected chi connectivity index (χ3v) is 4.26. The maximum atomic E-state index is 9.65. The first-order chi connectivity index (χ1) is 8.25. The first-order valence-corrected chi connectivity index (χ1v) is 6.12. The van der Waals surface area contributed by atoms with Gasteiger partial charge >= 0.3 is 0 Å². The summed E-state index contributed by atoms with van der Waals surface area (Å²) >= 11 is 0. The van der Waals surface area contributed by atoms with Crippen molar-refractivity contribution < 1.29 is 0 Å². The molecule has 2 bridgehead atoms. The number of hydrogen-bond donors (Lipinski definition) is 0. The molecule has 86 valence electrons. The van der Waals surface area contributed by atoms with Crippen molar-refractivity contribution in [2.24, 2.45) is 0 Å². The standard InChI is InChI=1S/C15H16N2/c1-17-13-7-8-14(17)10-15(9-13,11-16)12-5-3-2-4-6-12/h2-8,13-14H,9-10H2,1H3/t13-,14+,15?. The third-order valence-electron chi connectivity index (χ3n) is 4.26. The fourth-order valence-electron chi connectivity index (χ4n) is 3.14. The van der Waals surface area contributed by atoms with Crippen molar-refractivity contribution in [2.75, 3.05) is 7.05 Å². The van der Waals surface area contributed by atoms with Crippen molar-refractivity contribution in [1.29, 1.82) is 5.26 Å². The van der Waals surface area contributed by atoms with Crippen molar-refractivity contribution in [3.05, 3.63) is 48.0 Å². The van der Waals surface area contributed by atoms with E-state index in [1.54, 1.807) is 0 Å². The van der Waals surface area contributed by atoms with E-state index < -0.39 is 0 Å². The van der Waals surface area contributed by atoms with Crippen LogP contribution in [-0.2, 0) is 5.41 Å². The zero-order valence-electron chi connectivity index (χ0n) is 10.0. The predicted octanol–water partition coefficient (Wildman–Crippen LogP) is 2.48. The summed E-state index contributed by atoms with van der Waals surface area (Å²) in [5.74, 6) is 0. The van der Waals surface area contributed by atoms with Crippen LogP contribution in [0.4, 0.5) is 0 Å². The van der Waals surface area contributed by atoms with Crippen LogP contribution in [0.1, 0.15) is 18.4 Å². The van der Waals surface area contributed by atoms with E-state index in [9.17, 15) is 5.26 Å². The lowest BCUT2D eigenvalue weighted by molar-refractivity contribution is 0.150. The lowest BCUT2D eigenvalue weighted by Gasteiger charge is -2.41. The summed E-state index contributed by atoms with van der Waals surface area (Å²) in [6, 6.07) is 13.7. The third kappa shape index (κ3) is 1.50. The van der Waals surface area contributed by atoms with Crippen molar-refractivity contribution in [1.82, 2.24) is 4.90 Å². The van der Waals surface area contributed by atoms with Crippen LogP contribution in [0.5, 0.6) is 0 Å². The van der Waals surface area contributed by atoms with Crippen molar-refractivity contribution in [2.45, 2.75) is 30.3 Å². The fourth-order valence-corrected chi connectivity index (χ4v) is 3.14. The molecule has 0 N–H and O–H groups in total.